The van der Waals surface area contributed by atoms with Crippen molar-refractivity contribution in [1.82, 2.24) is 10.1 Å². The molecule has 0 aliphatic carbocycles. The molecule has 0 saturated heterocycles. The van der Waals surface area contributed by atoms with Gasteiger partial charge in [-0.15, -0.1) is 0 Å². The zero-order valence-corrected chi connectivity index (χ0v) is 8.46. The van der Waals surface area contributed by atoms with Crippen LogP contribution in [0.5, 0.6) is 0 Å². The Morgan fingerprint density at radius 2 is 1.94 bits per heavy atom. The topological polar surface area (TPSA) is 74.2 Å². The lowest BCUT2D eigenvalue weighted by atomic mass is 10.3. The Morgan fingerprint density at radius 1 is 1.35 bits per heavy atom. The van der Waals surface area contributed by atoms with Crippen LogP contribution < -0.4 is 5.73 Å². The van der Waals surface area contributed by atoms with Crippen LogP contribution in [0.25, 0.3) is 0 Å². The van der Waals surface area contributed by atoms with Gasteiger partial charge in [-0.3, -0.25) is 0 Å². The Balaban J connectivity index is 2.95. The molecule has 0 amide bonds. The number of hydrogen-bond acceptors (Lipinski definition) is 5. The van der Waals surface area contributed by atoms with Crippen molar-refractivity contribution in [3.63, 3.8) is 0 Å². The lowest BCUT2D eigenvalue weighted by Gasteiger charge is -2.14. The number of hydrogen-bond donors (Lipinski definition) is 1. The third-order valence-corrected chi connectivity index (χ3v) is 1.74. The van der Waals surface area contributed by atoms with E-state index in [1.54, 1.807) is 0 Å². The van der Waals surface area contributed by atoms with E-state index in [1.807, 2.05) is 0 Å². The van der Waals surface area contributed by atoms with Crippen LogP contribution in [0, 0.1) is 0 Å². The standard InChI is InChI=1S/C7H8F5N3O2/c1-16-2-3(13)4-14-5(17-15-4)6(8,9)7(10,11)12/h3H,2,13H2,1H3. The summed E-state index contributed by atoms with van der Waals surface area (Å²) in [4.78, 5) is 2.91. The van der Waals surface area contributed by atoms with Crippen LogP contribution in [0.15, 0.2) is 4.52 Å². The van der Waals surface area contributed by atoms with Gasteiger partial charge < -0.3 is 15.0 Å². The molecule has 0 saturated carbocycles. The summed E-state index contributed by atoms with van der Waals surface area (Å²) >= 11 is 0. The first-order valence-corrected chi connectivity index (χ1v) is 4.23. The van der Waals surface area contributed by atoms with Gasteiger partial charge in [0.2, 0.25) is 0 Å². The monoisotopic (exact) mass is 261 g/mol. The number of nitrogens with two attached hydrogens (primary N) is 1. The number of halogens is 5. The second-order valence-corrected chi connectivity index (χ2v) is 3.09. The lowest BCUT2D eigenvalue weighted by Crippen LogP contribution is -2.34. The van der Waals surface area contributed by atoms with Crippen molar-refractivity contribution >= 4 is 0 Å². The highest BCUT2D eigenvalue weighted by atomic mass is 19.4. The lowest BCUT2D eigenvalue weighted by molar-refractivity contribution is -0.298. The molecule has 1 heterocycles. The smallest absolute Gasteiger partial charge is 0.383 e. The normalized spacial score (nSPS) is 15.0. The quantitative estimate of drug-likeness (QED) is 0.828. The number of alkyl halides is 5. The van der Waals surface area contributed by atoms with Gasteiger partial charge in [0.15, 0.2) is 5.82 Å². The van der Waals surface area contributed by atoms with E-state index in [-0.39, 0.29) is 6.61 Å². The van der Waals surface area contributed by atoms with Crippen molar-refractivity contribution in [2.24, 2.45) is 5.73 Å². The Morgan fingerprint density at radius 3 is 2.41 bits per heavy atom. The molecule has 0 aromatic carbocycles. The van der Waals surface area contributed by atoms with E-state index < -0.39 is 29.9 Å². The maximum atomic E-state index is 12.7. The summed E-state index contributed by atoms with van der Waals surface area (Å²) in [5, 5.41) is 2.94. The zero-order chi connectivity index (χ0) is 13.3. The third-order valence-electron chi connectivity index (χ3n) is 1.74. The van der Waals surface area contributed by atoms with E-state index in [9.17, 15) is 22.0 Å². The zero-order valence-electron chi connectivity index (χ0n) is 8.46. The second kappa shape index (κ2) is 4.53. The molecular formula is C7H8F5N3O2. The van der Waals surface area contributed by atoms with E-state index in [0.717, 1.165) is 0 Å². The Hall–Kier alpha value is -1.29. The van der Waals surface area contributed by atoms with Crippen molar-refractivity contribution in [3.8, 4) is 0 Å². The van der Waals surface area contributed by atoms with Crippen LogP contribution in [0.3, 0.4) is 0 Å². The van der Waals surface area contributed by atoms with E-state index in [2.05, 4.69) is 19.4 Å². The van der Waals surface area contributed by atoms with Gasteiger partial charge in [-0.05, 0) is 0 Å². The molecule has 2 N–H and O–H groups in total. The minimum absolute atomic E-state index is 0.142. The van der Waals surface area contributed by atoms with Crippen molar-refractivity contribution in [1.29, 1.82) is 0 Å². The SMILES string of the molecule is COCC(N)c1noc(C(F)(F)C(F)(F)F)n1. The summed E-state index contributed by atoms with van der Waals surface area (Å²) in [6, 6.07) is -1.04. The first-order chi connectivity index (χ1) is 7.70. The molecule has 98 valence electrons. The van der Waals surface area contributed by atoms with Gasteiger partial charge in [0.25, 0.3) is 0 Å². The van der Waals surface area contributed by atoms with E-state index in [4.69, 9.17) is 5.73 Å². The summed E-state index contributed by atoms with van der Waals surface area (Å²) in [6.45, 7) is -0.142. The van der Waals surface area contributed by atoms with E-state index in [0.29, 0.717) is 0 Å². The number of ether oxygens (including phenoxy) is 1. The Bertz CT molecular complexity index is 378. The summed E-state index contributed by atoms with van der Waals surface area (Å²) in [7, 11) is 1.27. The molecule has 0 aliphatic rings. The predicted octanol–water partition coefficient (Wildman–Crippen LogP) is 1.37. The third kappa shape index (κ3) is 2.69. The van der Waals surface area contributed by atoms with Crippen LogP contribution in [-0.2, 0) is 10.7 Å². The number of methoxy groups -OCH3 is 1. The van der Waals surface area contributed by atoms with Gasteiger partial charge >= 0.3 is 18.0 Å². The van der Waals surface area contributed by atoms with Crippen LogP contribution in [0.4, 0.5) is 22.0 Å². The van der Waals surface area contributed by atoms with Gasteiger partial charge in [-0.1, -0.05) is 5.16 Å². The molecule has 10 heteroatoms. The molecular weight excluding hydrogens is 253 g/mol. The van der Waals surface area contributed by atoms with Gasteiger partial charge in [-0.2, -0.15) is 26.9 Å². The van der Waals surface area contributed by atoms with E-state index in [1.165, 1.54) is 7.11 Å². The summed E-state index contributed by atoms with van der Waals surface area (Å²) in [5.74, 6) is -7.53. The van der Waals surface area contributed by atoms with Crippen LogP contribution in [0.1, 0.15) is 17.8 Å². The summed E-state index contributed by atoms with van der Waals surface area (Å²) < 4.78 is 69.7. The summed E-state index contributed by atoms with van der Waals surface area (Å²) in [6.07, 6.45) is -5.80. The average Bonchev–Trinajstić information content (AvgIpc) is 2.65. The molecule has 0 fully saturated rings. The molecule has 1 atom stereocenters. The van der Waals surface area contributed by atoms with Crippen molar-refractivity contribution in [3.05, 3.63) is 11.7 Å². The molecule has 0 aliphatic heterocycles. The molecule has 1 aromatic heterocycles. The van der Waals surface area contributed by atoms with Crippen molar-refractivity contribution in [2.75, 3.05) is 13.7 Å². The van der Waals surface area contributed by atoms with Gasteiger partial charge in [-0.25, -0.2) is 0 Å². The Kier molecular flexibility index (Phi) is 3.67. The number of rotatable bonds is 4. The van der Waals surface area contributed by atoms with E-state index >= 15 is 0 Å². The number of aromatic nitrogens is 2. The second-order valence-electron chi connectivity index (χ2n) is 3.09. The molecule has 0 bridgehead atoms. The molecule has 1 rings (SSSR count). The minimum atomic E-state index is -5.80. The molecule has 17 heavy (non-hydrogen) atoms. The fourth-order valence-corrected chi connectivity index (χ4v) is 0.888. The van der Waals surface area contributed by atoms with Crippen LogP contribution >= 0.6 is 0 Å². The molecule has 0 spiro atoms. The maximum absolute atomic E-state index is 12.7. The first kappa shape index (κ1) is 13.8. The number of nitrogens with zero attached hydrogens (tertiary/aromatic N) is 2. The highest BCUT2D eigenvalue weighted by Crippen LogP contribution is 2.43. The highest BCUT2D eigenvalue weighted by molar-refractivity contribution is 5.00. The van der Waals surface area contributed by atoms with Gasteiger partial charge in [0.1, 0.15) is 0 Å². The molecule has 1 unspecified atom stereocenters. The highest BCUT2D eigenvalue weighted by Gasteiger charge is 2.63. The molecule has 1 aromatic rings. The first-order valence-electron chi connectivity index (χ1n) is 4.23. The van der Waals surface area contributed by atoms with Crippen molar-refractivity contribution < 1.29 is 31.2 Å². The molecule has 5 nitrogen and oxygen atoms in total. The van der Waals surface area contributed by atoms with Crippen LogP contribution in [-0.4, -0.2) is 30.0 Å². The Labute approximate surface area is 91.7 Å². The van der Waals surface area contributed by atoms with Crippen molar-refractivity contribution in [2.45, 2.75) is 18.1 Å². The molecule has 0 radical (unpaired) electrons. The average molecular weight is 261 g/mol. The van der Waals surface area contributed by atoms with Crippen LogP contribution in [0.2, 0.25) is 0 Å². The fourth-order valence-electron chi connectivity index (χ4n) is 0.888. The van der Waals surface area contributed by atoms with Gasteiger partial charge in [0.05, 0.1) is 12.6 Å². The van der Waals surface area contributed by atoms with Gasteiger partial charge in [0, 0.05) is 7.11 Å². The largest absolute Gasteiger partial charge is 0.463 e. The predicted molar refractivity (Wildman–Crippen MR) is 43.1 cm³/mol. The minimum Gasteiger partial charge on any atom is -0.383 e. The fraction of sp³-hybridized carbons (Fsp3) is 0.714. The maximum Gasteiger partial charge on any atom is 0.463 e. The summed E-state index contributed by atoms with van der Waals surface area (Å²) in [5.41, 5.74) is 5.34.